The molecule has 2 N–H and O–H groups in total. The summed E-state index contributed by atoms with van der Waals surface area (Å²) in [6.45, 7) is 7.26. The molecule has 0 aliphatic carbocycles. The maximum Gasteiger partial charge on any atom is 0.341 e. The highest BCUT2D eigenvalue weighted by Gasteiger charge is 2.22. The first-order valence-electron chi connectivity index (χ1n) is 5.42. The number of esters is 1. The molecule has 1 aromatic carbocycles. The van der Waals surface area contributed by atoms with Crippen LogP contribution >= 0.6 is 0 Å². The van der Waals surface area contributed by atoms with Crippen LogP contribution in [0.2, 0.25) is 0 Å². The van der Waals surface area contributed by atoms with Crippen LogP contribution in [0.3, 0.4) is 0 Å². The van der Waals surface area contributed by atoms with Gasteiger partial charge in [-0.3, -0.25) is 0 Å². The fourth-order valence-electron chi connectivity index (χ4n) is 1.49. The molecule has 94 valence electrons. The largest absolute Gasteiger partial charge is 0.495 e. The highest BCUT2D eigenvalue weighted by atomic mass is 16.6. The number of hydrogen-bond acceptors (Lipinski definition) is 4. The zero-order valence-electron chi connectivity index (χ0n) is 11.0. The lowest BCUT2D eigenvalue weighted by atomic mass is 10.1. The number of aryl methyl sites for hydroxylation is 1. The van der Waals surface area contributed by atoms with Gasteiger partial charge in [-0.15, -0.1) is 0 Å². The van der Waals surface area contributed by atoms with Gasteiger partial charge in [-0.1, -0.05) is 6.07 Å². The summed E-state index contributed by atoms with van der Waals surface area (Å²) in [4.78, 5) is 12.0. The van der Waals surface area contributed by atoms with E-state index in [-0.39, 0.29) is 0 Å². The molecule has 0 saturated heterocycles. The molecular formula is C13H19NO3. The van der Waals surface area contributed by atoms with Crippen molar-refractivity contribution in [1.82, 2.24) is 0 Å². The average molecular weight is 237 g/mol. The predicted molar refractivity (Wildman–Crippen MR) is 67.3 cm³/mol. The molecule has 0 saturated carbocycles. The summed E-state index contributed by atoms with van der Waals surface area (Å²) in [5.74, 6) is 0.0582. The summed E-state index contributed by atoms with van der Waals surface area (Å²) < 4.78 is 10.4. The Bertz CT molecular complexity index is 433. The summed E-state index contributed by atoms with van der Waals surface area (Å²) in [5.41, 5.74) is 6.82. The number of carbonyl (C=O) groups excluding carboxylic acids is 1. The predicted octanol–water partition coefficient (Wildman–Crippen LogP) is 2.54. The molecule has 0 unspecified atom stereocenters. The van der Waals surface area contributed by atoms with E-state index in [9.17, 15) is 4.79 Å². The van der Waals surface area contributed by atoms with Gasteiger partial charge in [-0.2, -0.15) is 0 Å². The van der Waals surface area contributed by atoms with Crippen molar-refractivity contribution in [3.63, 3.8) is 0 Å². The van der Waals surface area contributed by atoms with Crippen LogP contribution < -0.4 is 10.5 Å². The van der Waals surface area contributed by atoms with Gasteiger partial charge in [-0.05, 0) is 39.3 Å². The number of ether oxygens (including phenoxy) is 2. The van der Waals surface area contributed by atoms with Gasteiger partial charge in [0.15, 0.2) is 0 Å². The quantitative estimate of drug-likeness (QED) is 0.634. The second-order valence-corrected chi connectivity index (χ2v) is 4.88. The number of carbonyl (C=O) groups is 1. The van der Waals surface area contributed by atoms with E-state index < -0.39 is 11.6 Å². The minimum Gasteiger partial charge on any atom is -0.495 e. The molecule has 0 fully saturated rings. The highest BCUT2D eigenvalue weighted by Crippen LogP contribution is 2.29. The first-order chi connectivity index (χ1) is 7.76. The Balaban J connectivity index is 3.17. The van der Waals surface area contributed by atoms with Crippen molar-refractivity contribution in [1.29, 1.82) is 0 Å². The fourth-order valence-corrected chi connectivity index (χ4v) is 1.49. The van der Waals surface area contributed by atoms with E-state index in [1.54, 1.807) is 12.1 Å². The Labute approximate surface area is 102 Å². The molecule has 4 heteroatoms. The van der Waals surface area contributed by atoms with Crippen molar-refractivity contribution in [2.24, 2.45) is 0 Å². The third-order valence-electron chi connectivity index (χ3n) is 2.24. The van der Waals surface area contributed by atoms with E-state index in [0.29, 0.717) is 17.0 Å². The Hall–Kier alpha value is -1.71. The SMILES string of the molecule is COc1ccc(C)c(C(=O)OC(C)(C)C)c1N. The Kier molecular flexibility index (Phi) is 3.66. The fraction of sp³-hybridized carbons (Fsp3) is 0.462. The lowest BCUT2D eigenvalue weighted by Crippen LogP contribution is -2.25. The number of benzene rings is 1. The van der Waals surface area contributed by atoms with Gasteiger partial charge in [0.25, 0.3) is 0 Å². The second-order valence-electron chi connectivity index (χ2n) is 4.88. The molecule has 1 aromatic rings. The number of methoxy groups -OCH3 is 1. The number of nitrogens with two attached hydrogens (primary N) is 1. The monoisotopic (exact) mass is 237 g/mol. The van der Waals surface area contributed by atoms with Crippen molar-refractivity contribution in [2.75, 3.05) is 12.8 Å². The van der Waals surface area contributed by atoms with Gasteiger partial charge >= 0.3 is 5.97 Å². The number of nitrogen functional groups attached to an aromatic ring is 1. The van der Waals surface area contributed by atoms with E-state index in [0.717, 1.165) is 5.56 Å². The smallest absolute Gasteiger partial charge is 0.341 e. The molecule has 0 bridgehead atoms. The topological polar surface area (TPSA) is 61.5 Å². The second kappa shape index (κ2) is 4.65. The van der Waals surface area contributed by atoms with Crippen LogP contribution in [0.4, 0.5) is 5.69 Å². The standard InChI is InChI=1S/C13H19NO3/c1-8-6-7-9(16-5)11(14)10(8)12(15)17-13(2,3)4/h6-7H,14H2,1-5H3. The van der Waals surface area contributed by atoms with Gasteiger partial charge in [0.1, 0.15) is 11.4 Å². The molecule has 0 radical (unpaired) electrons. The highest BCUT2D eigenvalue weighted by molar-refractivity contribution is 5.98. The third-order valence-corrected chi connectivity index (χ3v) is 2.24. The van der Waals surface area contributed by atoms with E-state index in [1.807, 2.05) is 27.7 Å². The molecule has 4 nitrogen and oxygen atoms in total. The average Bonchev–Trinajstić information content (AvgIpc) is 2.15. The van der Waals surface area contributed by atoms with Gasteiger partial charge in [0.05, 0.1) is 18.4 Å². The number of rotatable bonds is 2. The van der Waals surface area contributed by atoms with Crippen molar-refractivity contribution < 1.29 is 14.3 Å². The van der Waals surface area contributed by atoms with Crippen molar-refractivity contribution >= 4 is 11.7 Å². The van der Waals surface area contributed by atoms with Crippen LogP contribution in [-0.4, -0.2) is 18.7 Å². The first-order valence-corrected chi connectivity index (χ1v) is 5.42. The number of hydrogen-bond donors (Lipinski definition) is 1. The van der Waals surface area contributed by atoms with E-state index in [4.69, 9.17) is 15.2 Å². The van der Waals surface area contributed by atoms with Crippen molar-refractivity contribution in [3.05, 3.63) is 23.3 Å². The first kappa shape index (κ1) is 13.4. The van der Waals surface area contributed by atoms with Crippen molar-refractivity contribution in [3.8, 4) is 5.75 Å². The third kappa shape index (κ3) is 3.12. The zero-order valence-corrected chi connectivity index (χ0v) is 11.0. The molecule has 0 amide bonds. The van der Waals surface area contributed by atoms with E-state index in [1.165, 1.54) is 7.11 Å². The van der Waals surface area contributed by atoms with Crippen LogP contribution in [0.15, 0.2) is 12.1 Å². The molecule has 0 aliphatic rings. The van der Waals surface area contributed by atoms with E-state index >= 15 is 0 Å². The van der Waals surface area contributed by atoms with Gasteiger partial charge < -0.3 is 15.2 Å². The van der Waals surface area contributed by atoms with E-state index in [2.05, 4.69) is 0 Å². The van der Waals surface area contributed by atoms with Crippen LogP contribution in [0.1, 0.15) is 36.7 Å². The summed E-state index contributed by atoms with van der Waals surface area (Å²) in [7, 11) is 1.51. The van der Waals surface area contributed by atoms with Gasteiger partial charge in [0.2, 0.25) is 0 Å². The normalized spacial score (nSPS) is 11.1. The Morgan fingerprint density at radius 3 is 2.35 bits per heavy atom. The molecule has 17 heavy (non-hydrogen) atoms. The van der Waals surface area contributed by atoms with Crippen LogP contribution in [0.25, 0.3) is 0 Å². The molecular weight excluding hydrogens is 218 g/mol. The van der Waals surface area contributed by atoms with Crippen LogP contribution in [0.5, 0.6) is 5.75 Å². The summed E-state index contributed by atoms with van der Waals surface area (Å²) in [6.07, 6.45) is 0. The molecule has 0 aromatic heterocycles. The van der Waals surface area contributed by atoms with Gasteiger partial charge in [0, 0.05) is 0 Å². The maximum atomic E-state index is 12.0. The lowest BCUT2D eigenvalue weighted by molar-refractivity contribution is 0.00698. The number of anilines is 1. The van der Waals surface area contributed by atoms with Gasteiger partial charge in [-0.25, -0.2) is 4.79 Å². The molecule has 0 heterocycles. The molecule has 1 rings (SSSR count). The zero-order chi connectivity index (χ0) is 13.2. The Morgan fingerprint density at radius 1 is 1.29 bits per heavy atom. The maximum absolute atomic E-state index is 12.0. The summed E-state index contributed by atoms with van der Waals surface area (Å²) in [5, 5.41) is 0. The summed E-state index contributed by atoms with van der Waals surface area (Å²) in [6, 6.07) is 3.52. The molecule has 0 spiro atoms. The Morgan fingerprint density at radius 2 is 1.88 bits per heavy atom. The minimum absolute atomic E-state index is 0.321. The minimum atomic E-state index is -0.543. The summed E-state index contributed by atoms with van der Waals surface area (Å²) >= 11 is 0. The van der Waals surface area contributed by atoms with Crippen LogP contribution in [-0.2, 0) is 4.74 Å². The molecule has 0 aliphatic heterocycles. The van der Waals surface area contributed by atoms with Crippen LogP contribution in [0, 0.1) is 6.92 Å². The van der Waals surface area contributed by atoms with Crippen molar-refractivity contribution in [2.45, 2.75) is 33.3 Å². The molecule has 0 atom stereocenters. The lowest BCUT2D eigenvalue weighted by Gasteiger charge is -2.21.